The van der Waals surface area contributed by atoms with Crippen LogP contribution in [0.25, 0.3) is 17.0 Å². The Bertz CT molecular complexity index is 836. The summed E-state index contributed by atoms with van der Waals surface area (Å²) in [4.78, 5) is 11.0. The van der Waals surface area contributed by atoms with Crippen LogP contribution in [0.15, 0.2) is 24.5 Å². The second-order valence-electron chi connectivity index (χ2n) is 5.58. The van der Waals surface area contributed by atoms with E-state index in [9.17, 15) is 0 Å². The first-order valence-electron chi connectivity index (χ1n) is 7.63. The second kappa shape index (κ2) is 5.47. The van der Waals surface area contributed by atoms with Crippen LogP contribution in [0.3, 0.4) is 0 Å². The number of fused-ring (bicyclic) bond motifs is 1. The summed E-state index contributed by atoms with van der Waals surface area (Å²) in [5.74, 6) is 1.94. The number of aromatic nitrogens is 5. The van der Waals surface area contributed by atoms with Gasteiger partial charge in [-0.25, -0.2) is 4.40 Å². The predicted octanol–water partition coefficient (Wildman–Crippen LogP) is 0.487. The summed E-state index contributed by atoms with van der Waals surface area (Å²) in [6.07, 6.45) is 3.47. The van der Waals surface area contributed by atoms with Crippen molar-refractivity contribution in [2.75, 3.05) is 36.8 Å². The molecule has 4 heterocycles. The monoisotopic (exact) mass is 310 g/mol. The Morgan fingerprint density at radius 1 is 1.22 bits per heavy atom. The van der Waals surface area contributed by atoms with Crippen LogP contribution in [-0.2, 0) is 0 Å². The van der Waals surface area contributed by atoms with Gasteiger partial charge in [0.1, 0.15) is 5.82 Å². The van der Waals surface area contributed by atoms with E-state index in [1.54, 1.807) is 16.8 Å². The van der Waals surface area contributed by atoms with Crippen molar-refractivity contribution in [3.05, 3.63) is 30.1 Å². The molecule has 23 heavy (non-hydrogen) atoms. The number of rotatable bonds is 2. The van der Waals surface area contributed by atoms with E-state index in [-0.39, 0.29) is 0 Å². The SMILES string of the molecule is Cc1c(N2CCNCC2)nc(N)n2c(-c3cccnc3)nnc12. The zero-order valence-corrected chi connectivity index (χ0v) is 12.9. The van der Waals surface area contributed by atoms with Crippen LogP contribution in [-0.4, -0.2) is 50.7 Å². The minimum absolute atomic E-state index is 0.392. The lowest BCUT2D eigenvalue weighted by atomic mass is 10.2. The van der Waals surface area contributed by atoms with Gasteiger partial charge in [-0.05, 0) is 19.1 Å². The van der Waals surface area contributed by atoms with Gasteiger partial charge in [-0.15, -0.1) is 10.2 Å². The quantitative estimate of drug-likeness (QED) is 0.710. The number of nitrogens with two attached hydrogens (primary N) is 1. The molecule has 0 amide bonds. The summed E-state index contributed by atoms with van der Waals surface area (Å²) in [5.41, 5.74) is 8.82. The number of pyridine rings is 1. The van der Waals surface area contributed by atoms with Gasteiger partial charge in [-0.2, -0.15) is 4.98 Å². The molecule has 3 aromatic heterocycles. The maximum atomic E-state index is 6.22. The largest absolute Gasteiger partial charge is 0.369 e. The smallest absolute Gasteiger partial charge is 0.209 e. The van der Waals surface area contributed by atoms with Crippen LogP contribution < -0.4 is 16.0 Å². The molecule has 0 aromatic carbocycles. The normalized spacial score (nSPS) is 15.3. The molecular weight excluding hydrogens is 292 g/mol. The molecule has 0 atom stereocenters. The van der Waals surface area contributed by atoms with Crippen LogP contribution in [0.4, 0.5) is 11.8 Å². The number of nitrogens with one attached hydrogen (secondary N) is 1. The number of anilines is 2. The predicted molar refractivity (Wildman–Crippen MR) is 88.2 cm³/mol. The summed E-state index contributed by atoms with van der Waals surface area (Å²) < 4.78 is 1.79. The Morgan fingerprint density at radius 3 is 2.78 bits per heavy atom. The van der Waals surface area contributed by atoms with E-state index in [4.69, 9.17) is 5.73 Å². The first-order valence-corrected chi connectivity index (χ1v) is 7.63. The Balaban J connectivity index is 1.87. The van der Waals surface area contributed by atoms with Crippen molar-refractivity contribution in [1.29, 1.82) is 0 Å². The summed E-state index contributed by atoms with van der Waals surface area (Å²) >= 11 is 0. The van der Waals surface area contributed by atoms with E-state index in [0.29, 0.717) is 11.8 Å². The maximum absolute atomic E-state index is 6.22. The number of hydrogen-bond acceptors (Lipinski definition) is 7. The molecule has 8 heteroatoms. The van der Waals surface area contributed by atoms with Gasteiger partial charge < -0.3 is 16.0 Å². The average molecular weight is 310 g/mol. The van der Waals surface area contributed by atoms with E-state index in [1.165, 1.54) is 0 Å². The summed E-state index contributed by atoms with van der Waals surface area (Å²) in [5, 5.41) is 12.0. The lowest BCUT2D eigenvalue weighted by molar-refractivity contribution is 0.584. The van der Waals surface area contributed by atoms with Gasteiger partial charge in [0.2, 0.25) is 5.95 Å². The fourth-order valence-electron chi connectivity index (χ4n) is 2.95. The zero-order valence-electron chi connectivity index (χ0n) is 12.9. The summed E-state index contributed by atoms with van der Waals surface area (Å²) in [6.45, 7) is 5.72. The van der Waals surface area contributed by atoms with Crippen LogP contribution in [0.2, 0.25) is 0 Å². The van der Waals surface area contributed by atoms with Crippen LogP contribution in [0.1, 0.15) is 5.56 Å². The van der Waals surface area contributed by atoms with E-state index in [1.807, 2.05) is 19.1 Å². The topological polar surface area (TPSA) is 97.3 Å². The molecule has 3 aromatic rings. The summed E-state index contributed by atoms with van der Waals surface area (Å²) in [6, 6.07) is 3.80. The first-order chi connectivity index (χ1) is 11.3. The van der Waals surface area contributed by atoms with Crippen LogP contribution >= 0.6 is 0 Å². The molecule has 0 saturated carbocycles. The summed E-state index contributed by atoms with van der Waals surface area (Å²) in [7, 11) is 0. The highest BCUT2D eigenvalue weighted by molar-refractivity contribution is 5.69. The third kappa shape index (κ3) is 2.27. The van der Waals surface area contributed by atoms with Crippen molar-refractivity contribution in [2.45, 2.75) is 6.92 Å². The van der Waals surface area contributed by atoms with E-state index in [2.05, 4.69) is 30.4 Å². The number of nitrogen functional groups attached to an aromatic ring is 1. The number of nitrogens with zero attached hydrogens (tertiary/aromatic N) is 6. The lowest BCUT2D eigenvalue weighted by Crippen LogP contribution is -2.44. The lowest BCUT2D eigenvalue weighted by Gasteiger charge is -2.29. The first kappa shape index (κ1) is 13.9. The van der Waals surface area contributed by atoms with E-state index < -0.39 is 0 Å². The number of piperazine rings is 1. The van der Waals surface area contributed by atoms with Gasteiger partial charge in [0.15, 0.2) is 11.5 Å². The van der Waals surface area contributed by atoms with Gasteiger partial charge in [0, 0.05) is 49.7 Å². The fraction of sp³-hybridized carbons (Fsp3) is 0.333. The third-order valence-corrected chi connectivity index (χ3v) is 4.12. The molecule has 4 rings (SSSR count). The van der Waals surface area contributed by atoms with E-state index in [0.717, 1.165) is 48.8 Å². The van der Waals surface area contributed by atoms with Crippen LogP contribution in [0.5, 0.6) is 0 Å². The molecule has 0 bridgehead atoms. The van der Waals surface area contributed by atoms with Gasteiger partial charge in [0.05, 0.1) is 0 Å². The molecule has 1 aliphatic heterocycles. The molecule has 0 spiro atoms. The molecule has 3 N–H and O–H groups in total. The Hall–Kier alpha value is -2.74. The minimum Gasteiger partial charge on any atom is -0.369 e. The van der Waals surface area contributed by atoms with Gasteiger partial charge in [0.25, 0.3) is 0 Å². The average Bonchev–Trinajstić information content (AvgIpc) is 3.06. The molecular formula is C15H18N8. The number of hydrogen-bond donors (Lipinski definition) is 2. The van der Waals surface area contributed by atoms with Crippen molar-refractivity contribution >= 4 is 17.4 Å². The van der Waals surface area contributed by atoms with Crippen LogP contribution in [0, 0.1) is 6.92 Å². The molecule has 1 fully saturated rings. The Kier molecular flexibility index (Phi) is 3.30. The van der Waals surface area contributed by atoms with Gasteiger partial charge >= 0.3 is 0 Å². The fourth-order valence-corrected chi connectivity index (χ4v) is 2.95. The molecule has 0 radical (unpaired) electrons. The number of aryl methyl sites for hydroxylation is 1. The highest BCUT2D eigenvalue weighted by Crippen LogP contribution is 2.27. The molecule has 1 aliphatic rings. The van der Waals surface area contributed by atoms with Crippen molar-refractivity contribution < 1.29 is 0 Å². The highest BCUT2D eigenvalue weighted by Gasteiger charge is 2.21. The molecule has 0 unspecified atom stereocenters. The molecule has 1 saturated heterocycles. The molecule has 118 valence electrons. The van der Waals surface area contributed by atoms with Crippen molar-refractivity contribution in [2.24, 2.45) is 0 Å². The van der Waals surface area contributed by atoms with Crippen molar-refractivity contribution in [1.82, 2.24) is 29.9 Å². The van der Waals surface area contributed by atoms with Crippen molar-refractivity contribution in [3.63, 3.8) is 0 Å². The molecule has 8 nitrogen and oxygen atoms in total. The van der Waals surface area contributed by atoms with Gasteiger partial charge in [-0.1, -0.05) is 0 Å². The Labute approximate surface area is 133 Å². The zero-order chi connectivity index (χ0) is 15.8. The van der Waals surface area contributed by atoms with Crippen molar-refractivity contribution in [3.8, 4) is 11.4 Å². The molecule has 0 aliphatic carbocycles. The minimum atomic E-state index is 0.392. The standard InChI is InChI=1S/C15H18N8/c1-10-12(22-7-5-17-6-8-22)19-15(16)23-13(10)20-21-14(23)11-3-2-4-18-9-11/h2-4,9,17H,5-8H2,1H3,(H2,16,19). The third-order valence-electron chi connectivity index (χ3n) is 4.12. The maximum Gasteiger partial charge on any atom is 0.209 e. The van der Waals surface area contributed by atoms with Gasteiger partial charge in [-0.3, -0.25) is 4.98 Å². The Morgan fingerprint density at radius 2 is 2.04 bits per heavy atom. The van der Waals surface area contributed by atoms with E-state index >= 15 is 0 Å². The highest BCUT2D eigenvalue weighted by atomic mass is 15.3. The second-order valence-corrected chi connectivity index (χ2v) is 5.58.